The zero-order chi connectivity index (χ0) is 11.5. The highest BCUT2D eigenvalue weighted by Gasteiger charge is 2.03. The number of pyridine rings is 1. The topological polar surface area (TPSA) is 50.9 Å². The molecule has 1 aromatic carbocycles. The quantitative estimate of drug-likeness (QED) is 0.609. The molecule has 2 rings (SSSR count). The number of fused-ring (bicyclic) bond motifs is 1. The zero-order valence-corrected chi connectivity index (χ0v) is 9.33. The van der Waals surface area contributed by atoms with E-state index in [1.165, 1.54) is 0 Å². The molecule has 2 aromatic rings. The Kier molecular flexibility index (Phi) is 2.77. The van der Waals surface area contributed by atoms with Gasteiger partial charge in [-0.3, -0.25) is 4.98 Å². The maximum atomic E-state index is 5.90. The van der Waals surface area contributed by atoms with Gasteiger partial charge in [-0.25, -0.2) is 0 Å². The first-order valence-electron chi connectivity index (χ1n) is 5.19. The van der Waals surface area contributed by atoms with Crippen molar-refractivity contribution in [3.63, 3.8) is 0 Å². The Labute approximate surface area is 95.0 Å². The molecule has 82 valence electrons. The van der Waals surface area contributed by atoms with E-state index < -0.39 is 0 Å². The van der Waals surface area contributed by atoms with Crippen LogP contribution in [0.4, 0.5) is 11.4 Å². The SMILES string of the molecule is C=C(C)CNc1ccc(N)c2cnccc12. The van der Waals surface area contributed by atoms with Crippen molar-refractivity contribution in [3.05, 3.63) is 42.7 Å². The van der Waals surface area contributed by atoms with E-state index in [2.05, 4.69) is 16.9 Å². The van der Waals surface area contributed by atoms with Crippen LogP contribution in [0.3, 0.4) is 0 Å². The average Bonchev–Trinajstić information content (AvgIpc) is 2.28. The van der Waals surface area contributed by atoms with Crippen LogP contribution in [0.1, 0.15) is 6.92 Å². The lowest BCUT2D eigenvalue weighted by Gasteiger charge is -2.10. The van der Waals surface area contributed by atoms with Crippen LogP contribution in [0.25, 0.3) is 10.8 Å². The number of rotatable bonds is 3. The molecule has 0 radical (unpaired) electrons. The Morgan fingerprint density at radius 1 is 1.38 bits per heavy atom. The molecular formula is C13H15N3. The monoisotopic (exact) mass is 213 g/mol. The Bertz CT molecular complexity index is 532. The summed E-state index contributed by atoms with van der Waals surface area (Å²) in [5.41, 5.74) is 8.81. The third-order valence-electron chi connectivity index (χ3n) is 2.43. The van der Waals surface area contributed by atoms with Gasteiger partial charge < -0.3 is 11.1 Å². The molecule has 3 nitrogen and oxygen atoms in total. The van der Waals surface area contributed by atoms with Crippen LogP contribution in [0.15, 0.2) is 42.7 Å². The highest BCUT2D eigenvalue weighted by molar-refractivity contribution is 6.00. The first kappa shape index (κ1) is 10.5. The molecule has 1 aromatic heterocycles. The van der Waals surface area contributed by atoms with E-state index in [1.807, 2.05) is 25.1 Å². The molecule has 3 N–H and O–H groups in total. The summed E-state index contributed by atoms with van der Waals surface area (Å²) in [5.74, 6) is 0. The number of nitrogens with two attached hydrogens (primary N) is 1. The van der Waals surface area contributed by atoms with E-state index >= 15 is 0 Å². The third kappa shape index (κ3) is 1.98. The molecule has 16 heavy (non-hydrogen) atoms. The Balaban J connectivity index is 2.46. The molecule has 0 spiro atoms. The van der Waals surface area contributed by atoms with Crippen molar-refractivity contribution in [1.29, 1.82) is 0 Å². The van der Waals surface area contributed by atoms with Crippen molar-refractivity contribution in [2.75, 3.05) is 17.6 Å². The maximum Gasteiger partial charge on any atom is 0.0425 e. The van der Waals surface area contributed by atoms with Gasteiger partial charge in [-0.2, -0.15) is 0 Å². The van der Waals surface area contributed by atoms with Crippen molar-refractivity contribution in [2.45, 2.75) is 6.92 Å². The summed E-state index contributed by atoms with van der Waals surface area (Å²) in [5, 5.41) is 5.41. The van der Waals surface area contributed by atoms with Crippen molar-refractivity contribution in [1.82, 2.24) is 4.98 Å². The minimum absolute atomic E-state index is 0.754. The van der Waals surface area contributed by atoms with Gasteiger partial charge >= 0.3 is 0 Å². The van der Waals surface area contributed by atoms with Gasteiger partial charge in [0.15, 0.2) is 0 Å². The number of benzene rings is 1. The summed E-state index contributed by atoms with van der Waals surface area (Å²) in [6.07, 6.45) is 3.56. The summed E-state index contributed by atoms with van der Waals surface area (Å²) in [6, 6.07) is 5.85. The smallest absolute Gasteiger partial charge is 0.0425 e. The molecule has 0 fully saturated rings. The Morgan fingerprint density at radius 3 is 2.94 bits per heavy atom. The minimum atomic E-state index is 0.754. The molecule has 0 aliphatic heterocycles. The van der Waals surface area contributed by atoms with Gasteiger partial charge in [0.1, 0.15) is 0 Å². The highest BCUT2D eigenvalue weighted by atomic mass is 14.9. The van der Waals surface area contributed by atoms with E-state index in [0.717, 1.165) is 34.3 Å². The van der Waals surface area contributed by atoms with Crippen LogP contribution in [-0.2, 0) is 0 Å². The number of nitrogens with one attached hydrogen (secondary N) is 1. The summed E-state index contributed by atoms with van der Waals surface area (Å²) < 4.78 is 0. The van der Waals surface area contributed by atoms with E-state index in [9.17, 15) is 0 Å². The molecule has 0 amide bonds. The number of aromatic nitrogens is 1. The molecule has 0 atom stereocenters. The molecule has 0 unspecified atom stereocenters. The van der Waals surface area contributed by atoms with Crippen LogP contribution in [0.5, 0.6) is 0 Å². The summed E-state index contributed by atoms with van der Waals surface area (Å²) in [4.78, 5) is 4.08. The lowest BCUT2D eigenvalue weighted by Crippen LogP contribution is -2.03. The zero-order valence-electron chi connectivity index (χ0n) is 9.33. The van der Waals surface area contributed by atoms with E-state index in [4.69, 9.17) is 5.73 Å². The van der Waals surface area contributed by atoms with E-state index in [-0.39, 0.29) is 0 Å². The normalized spacial score (nSPS) is 10.3. The molecule has 0 bridgehead atoms. The Hall–Kier alpha value is -2.03. The predicted molar refractivity (Wildman–Crippen MR) is 69.5 cm³/mol. The van der Waals surface area contributed by atoms with Gasteiger partial charge in [0.05, 0.1) is 0 Å². The molecule has 3 heteroatoms. The van der Waals surface area contributed by atoms with Crippen molar-refractivity contribution in [2.24, 2.45) is 0 Å². The Morgan fingerprint density at radius 2 is 2.19 bits per heavy atom. The fourth-order valence-corrected chi connectivity index (χ4v) is 1.61. The number of nitrogens with zero attached hydrogens (tertiary/aromatic N) is 1. The molecule has 1 heterocycles. The van der Waals surface area contributed by atoms with Crippen molar-refractivity contribution >= 4 is 22.1 Å². The molecular weight excluding hydrogens is 198 g/mol. The summed E-state index contributed by atoms with van der Waals surface area (Å²) in [7, 11) is 0. The van der Waals surface area contributed by atoms with E-state index in [1.54, 1.807) is 12.4 Å². The maximum absolute atomic E-state index is 5.90. The lowest BCUT2D eigenvalue weighted by molar-refractivity contribution is 1.22. The van der Waals surface area contributed by atoms with Gasteiger partial charge in [0, 0.05) is 41.1 Å². The first-order valence-corrected chi connectivity index (χ1v) is 5.19. The molecule has 0 aliphatic rings. The second-order valence-electron chi connectivity index (χ2n) is 3.93. The van der Waals surface area contributed by atoms with Gasteiger partial charge in [-0.05, 0) is 25.1 Å². The van der Waals surface area contributed by atoms with Crippen molar-refractivity contribution < 1.29 is 0 Å². The number of hydrogen-bond donors (Lipinski definition) is 2. The molecule has 0 saturated heterocycles. The largest absolute Gasteiger partial charge is 0.398 e. The van der Waals surface area contributed by atoms with Gasteiger partial charge in [-0.15, -0.1) is 0 Å². The van der Waals surface area contributed by atoms with Crippen LogP contribution in [0.2, 0.25) is 0 Å². The van der Waals surface area contributed by atoms with E-state index in [0.29, 0.717) is 0 Å². The van der Waals surface area contributed by atoms with Gasteiger partial charge in [0.25, 0.3) is 0 Å². The fraction of sp³-hybridized carbons (Fsp3) is 0.154. The predicted octanol–water partition coefficient (Wildman–Crippen LogP) is 2.81. The van der Waals surface area contributed by atoms with Crippen LogP contribution in [0, 0.1) is 0 Å². The van der Waals surface area contributed by atoms with Gasteiger partial charge in [-0.1, -0.05) is 12.2 Å². The second-order valence-corrected chi connectivity index (χ2v) is 3.93. The molecule has 0 saturated carbocycles. The summed E-state index contributed by atoms with van der Waals surface area (Å²) in [6.45, 7) is 6.63. The van der Waals surface area contributed by atoms with Gasteiger partial charge in [0.2, 0.25) is 0 Å². The van der Waals surface area contributed by atoms with Crippen molar-refractivity contribution in [3.8, 4) is 0 Å². The standard InChI is InChI=1S/C13H15N3/c1-9(2)7-16-13-4-3-12(14)11-8-15-6-5-10(11)13/h3-6,8,16H,1,7,14H2,2H3. The highest BCUT2D eigenvalue weighted by Crippen LogP contribution is 2.27. The number of hydrogen-bond acceptors (Lipinski definition) is 3. The number of anilines is 2. The second kappa shape index (κ2) is 4.23. The minimum Gasteiger partial charge on any atom is -0.398 e. The third-order valence-corrected chi connectivity index (χ3v) is 2.43. The fourth-order valence-electron chi connectivity index (χ4n) is 1.61. The lowest BCUT2D eigenvalue weighted by atomic mass is 10.1. The molecule has 0 aliphatic carbocycles. The average molecular weight is 213 g/mol. The van der Waals surface area contributed by atoms with Crippen LogP contribution >= 0.6 is 0 Å². The van der Waals surface area contributed by atoms with Crippen LogP contribution < -0.4 is 11.1 Å². The summed E-state index contributed by atoms with van der Waals surface area (Å²) >= 11 is 0. The number of nitrogen functional groups attached to an aromatic ring is 1. The van der Waals surface area contributed by atoms with Crippen LogP contribution in [-0.4, -0.2) is 11.5 Å². The first-order chi connectivity index (χ1) is 7.68.